The molecule has 0 bridgehead atoms. The maximum Gasteiger partial charge on any atom is 0.164 e. The van der Waals surface area contributed by atoms with Crippen LogP contribution in [0.2, 0.25) is 0 Å². The van der Waals surface area contributed by atoms with Gasteiger partial charge < -0.3 is 27.7 Å². The van der Waals surface area contributed by atoms with Gasteiger partial charge in [-0.2, -0.15) is 0 Å². The highest BCUT2D eigenvalue weighted by Gasteiger charge is 2.31. The first-order chi connectivity index (χ1) is 12.1. The molecule has 3 N–H and O–H groups in total. The lowest BCUT2D eigenvalue weighted by atomic mass is 9.99. The highest BCUT2D eigenvalue weighted by molar-refractivity contribution is 7.09. The van der Waals surface area contributed by atoms with E-state index in [0.717, 1.165) is 48.8 Å². The highest BCUT2D eigenvalue weighted by Crippen LogP contribution is 2.35. The van der Waals surface area contributed by atoms with Crippen molar-refractivity contribution in [2.75, 3.05) is 13.1 Å². The Balaban J connectivity index is 0.00000196. The second-order valence-electron chi connectivity index (χ2n) is 6.37. The van der Waals surface area contributed by atoms with Gasteiger partial charge in [0.1, 0.15) is 23.1 Å². The van der Waals surface area contributed by atoms with Gasteiger partial charge in [-0.1, -0.05) is 5.16 Å². The first-order valence-electron chi connectivity index (χ1n) is 8.30. The van der Waals surface area contributed by atoms with E-state index in [1.165, 1.54) is 0 Å². The molecule has 1 atom stereocenters. The van der Waals surface area contributed by atoms with Crippen LogP contribution in [0.3, 0.4) is 0 Å². The van der Waals surface area contributed by atoms with Crippen molar-refractivity contribution in [1.82, 2.24) is 4.98 Å². The van der Waals surface area contributed by atoms with E-state index in [1.54, 1.807) is 11.3 Å². The summed E-state index contributed by atoms with van der Waals surface area (Å²) in [6.45, 7) is 2.23. The van der Waals surface area contributed by atoms with Gasteiger partial charge in [0.15, 0.2) is 6.10 Å². The average molecular weight is 402 g/mol. The molecule has 2 aromatic rings. The summed E-state index contributed by atoms with van der Waals surface area (Å²) < 4.78 is 28.0. The molecule has 2 aliphatic rings. The zero-order valence-corrected chi connectivity index (χ0v) is 15.4. The molecule has 0 saturated carbocycles. The molecule has 2 aliphatic heterocycles. The van der Waals surface area contributed by atoms with Crippen LogP contribution in [0.5, 0.6) is 5.75 Å². The number of rotatable bonds is 3. The molecule has 1 aromatic heterocycles. The van der Waals surface area contributed by atoms with E-state index in [1.807, 2.05) is 5.38 Å². The van der Waals surface area contributed by atoms with E-state index in [-0.39, 0.29) is 24.4 Å². The summed E-state index contributed by atoms with van der Waals surface area (Å²) in [5, 5.41) is 18.6. The number of hydrogen-bond donors (Lipinski definition) is 2. The number of aromatic nitrogens is 1. The van der Waals surface area contributed by atoms with Gasteiger partial charge in [-0.15, -0.1) is 11.3 Å². The number of oxime groups is 1. The van der Waals surface area contributed by atoms with E-state index >= 15 is 0 Å². The fourth-order valence-electron chi connectivity index (χ4n) is 3.34. The summed E-state index contributed by atoms with van der Waals surface area (Å²) in [6.07, 6.45) is 1.63. The van der Waals surface area contributed by atoms with Crippen LogP contribution < -0.4 is 17.7 Å². The second kappa shape index (κ2) is 7.85. The minimum atomic E-state index is -0.843. The molecule has 1 unspecified atom stereocenters. The van der Waals surface area contributed by atoms with Gasteiger partial charge in [0.2, 0.25) is 0 Å². The van der Waals surface area contributed by atoms with Crippen LogP contribution in [-0.2, 0) is 4.84 Å². The Morgan fingerprint density at radius 3 is 2.58 bits per heavy atom. The average Bonchev–Trinajstić information content (AvgIpc) is 3.24. The number of nitrogens with two attached hydrogens (primary N) is 1. The second-order valence-corrected chi connectivity index (χ2v) is 7.26. The predicted octanol–water partition coefficient (Wildman–Crippen LogP) is -0.563. The Labute approximate surface area is 159 Å². The van der Waals surface area contributed by atoms with Gasteiger partial charge in [-0.25, -0.2) is 13.8 Å². The van der Waals surface area contributed by atoms with Crippen molar-refractivity contribution in [2.45, 2.75) is 31.3 Å². The molecular weight excluding hydrogens is 384 g/mol. The van der Waals surface area contributed by atoms with E-state index in [4.69, 9.17) is 4.84 Å². The Kier molecular flexibility index (Phi) is 5.74. The molecule has 4 rings (SSSR count). The summed E-state index contributed by atoms with van der Waals surface area (Å²) in [5.41, 5.74) is 1.10. The van der Waals surface area contributed by atoms with Crippen LogP contribution in [-0.4, -0.2) is 28.9 Å². The number of piperidine rings is 1. The monoisotopic (exact) mass is 401 g/mol. The van der Waals surface area contributed by atoms with Crippen molar-refractivity contribution in [2.24, 2.45) is 5.16 Å². The summed E-state index contributed by atoms with van der Waals surface area (Å²) >= 11 is 1.61. The zero-order chi connectivity index (χ0) is 17.4. The number of halogens is 3. The van der Waals surface area contributed by atoms with Crippen molar-refractivity contribution in [1.29, 1.82) is 0 Å². The topological polar surface area (TPSA) is 71.3 Å². The third-order valence-corrected chi connectivity index (χ3v) is 5.67. The largest absolute Gasteiger partial charge is 1.00 e. The summed E-state index contributed by atoms with van der Waals surface area (Å²) in [6, 6.07) is 1.75. The first-order valence-corrected chi connectivity index (χ1v) is 9.18. The number of nitrogens with zero attached hydrogens (tertiary/aromatic N) is 2. The van der Waals surface area contributed by atoms with Gasteiger partial charge in [-0.3, -0.25) is 0 Å². The van der Waals surface area contributed by atoms with Crippen molar-refractivity contribution < 1.29 is 36.4 Å². The number of phenolic OH excluding ortho intramolecular Hbond substituents is 1. The number of thiazole rings is 1. The Morgan fingerprint density at radius 1 is 1.19 bits per heavy atom. The van der Waals surface area contributed by atoms with Gasteiger partial charge in [0, 0.05) is 42.7 Å². The van der Waals surface area contributed by atoms with E-state index in [0.29, 0.717) is 11.6 Å². The minimum absolute atomic E-state index is 0. The van der Waals surface area contributed by atoms with Gasteiger partial charge in [0.25, 0.3) is 0 Å². The third-order valence-electron chi connectivity index (χ3n) is 4.66. The van der Waals surface area contributed by atoms with Crippen molar-refractivity contribution in [3.05, 3.63) is 45.4 Å². The number of hydrogen-bond acceptors (Lipinski definition) is 5. The number of aromatic hydroxyl groups is 1. The number of quaternary nitrogens is 1. The fraction of sp³-hybridized carbons (Fsp3) is 0.412. The third kappa shape index (κ3) is 3.67. The van der Waals surface area contributed by atoms with Gasteiger partial charge in [0.05, 0.1) is 29.4 Å². The van der Waals surface area contributed by atoms with E-state index < -0.39 is 23.5 Å². The molecule has 9 heteroatoms. The Morgan fingerprint density at radius 2 is 1.88 bits per heavy atom. The van der Waals surface area contributed by atoms with Crippen LogP contribution in [0, 0.1) is 11.6 Å². The summed E-state index contributed by atoms with van der Waals surface area (Å²) in [5.74, 6) is -1.64. The molecule has 0 aliphatic carbocycles. The maximum absolute atomic E-state index is 14.0. The van der Waals surface area contributed by atoms with Crippen LogP contribution in [0.4, 0.5) is 8.78 Å². The molecule has 5 nitrogen and oxygen atoms in total. The van der Waals surface area contributed by atoms with Gasteiger partial charge in [-0.05, 0) is 0 Å². The minimum Gasteiger partial charge on any atom is -1.00 e. The van der Waals surface area contributed by atoms with Crippen molar-refractivity contribution in [3.63, 3.8) is 0 Å². The molecule has 26 heavy (non-hydrogen) atoms. The lowest BCUT2D eigenvalue weighted by Crippen LogP contribution is -3.00. The molecule has 1 aromatic carbocycles. The van der Waals surface area contributed by atoms with E-state index in [2.05, 4.69) is 15.5 Å². The van der Waals surface area contributed by atoms with Crippen LogP contribution in [0.1, 0.15) is 47.5 Å². The normalized spacial score (nSPS) is 20.4. The molecule has 3 heterocycles. The Bertz CT molecular complexity index is 801. The molecule has 0 spiro atoms. The lowest BCUT2D eigenvalue weighted by molar-refractivity contribution is -0.663. The highest BCUT2D eigenvalue weighted by atomic mass is 35.5. The van der Waals surface area contributed by atoms with Crippen molar-refractivity contribution >= 4 is 17.0 Å². The van der Waals surface area contributed by atoms with Crippen LogP contribution >= 0.6 is 11.3 Å². The fourth-order valence-corrected chi connectivity index (χ4v) is 4.34. The van der Waals surface area contributed by atoms with E-state index in [9.17, 15) is 13.9 Å². The lowest BCUT2D eigenvalue weighted by Gasteiger charge is -2.17. The molecule has 0 amide bonds. The quantitative estimate of drug-likeness (QED) is 0.724. The van der Waals surface area contributed by atoms with Crippen LogP contribution in [0.25, 0.3) is 0 Å². The van der Waals surface area contributed by atoms with Crippen LogP contribution in [0.15, 0.2) is 22.7 Å². The number of phenols is 1. The smallest absolute Gasteiger partial charge is 0.164 e. The SMILES string of the molecule is Oc1cc(F)c(C2CC(c3csc(C4CC[NH2+]CC4)n3)=NO2)c(F)c1.[Cl-]. The molecular formula is C17H18ClF2N3O2S. The first kappa shape index (κ1) is 19.0. The molecule has 1 saturated heterocycles. The molecule has 0 radical (unpaired) electrons. The number of benzene rings is 1. The summed E-state index contributed by atoms with van der Waals surface area (Å²) in [7, 11) is 0. The van der Waals surface area contributed by atoms with Gasteiger partial charge >= 0.3 is 0 Å². The Hall–Kier alpha value is -1.77. The molecule has 1 fully saturated rings. The zero-order valence-electron chi connectivity index (χ0n) is 13.8. The predicted molar refractivity (Wildman–Crippen MR) is 88.8 cm³/mol. The van der Waals surface area contributed by atoms with Crippen molar-refractivity contribution in [3.8, 4) is 5.75 Å². The maximum atomic E-state index is 14.0. The standard InChI is InChI=1S/C17H17F2N3O2S.ClH/c18-11-5-10(23)6-12(19)16(11)15-7-13(22-24-15)14-8-25-17(21-14)9-1-3-20-4-2-9;/h5-6,8-9,15,20,23H,1-4,7H2;1H. The molecule has 140 valence electrons. The summed E-state index contributed by atoms with van der Waals surface area (Å²) in [4.78, 5) is 9.92.